The zero-order chi connectivity index (χ0) is 19.6. The maximum atomic E-state index is 13.0. The first-order chi connectivity index (χ1) is 13.4. The molecule has 1 aliphatic carbocycles. The fraction of sp³-hybridized carbons (Fsp3) is 0.391. The van der Waals surface area contributed by atoms with E-state index in [1.54, 1.807) is 0 Å². The highest BCUT2D eigenvalue weighted by Crippen LogP contribution is 2.47. The van der Waals surface area contributed by atoms with Crippen LogP contribution >= 0.6 is 0 Å². The molecule has 0 atom stereocenters. The third kappa shape index (κ3) is 2.53. The van der Waals surface area contributed by atoms with Gasteiger partial charge < -0.3 is 14.4 Å². The molecule has 0 saturated heterocycles. The third-order valence-electron chi connectivity index (χ3n) is 6.31. The Bertz CT molecular complexity index is 1040. The second kappa shape index (κ2) is 5.84. The Kier molecular flexibility index (Phi) is 3.60. The molecule has 0 unspecified atom stereocenters. The number of fused-ring (bicyclic) bond motifs is 1. The van der Waals surface area contributed by atoms with Crippen molar-refractivity contribution < 1.29 is 4.79 Å². The van der Waals surface area contributed by atoms with Crippen LogP contribution < -0.4 is 4.90 Å². The molecule has 5 rings (SSSR count). The zero-order valence-electron chi connectivity index (χ0n) is 16.9. The minimum absolute atomic E-state index is 0.227. The summed E-state index contributed by atoms with van der Waals surface area (Å²) in [5, 5.41) is 0. The molecule has 1 aromatic carbocycles. The van der Waals surface area contributed by atoms with Crippen molar-refractivity contribution in [1.29, 1.82) is 0 Å². The monoisotopic (exact) mass is 374 g/mol. The maximum absolute atomic E-state index is 13.0. The average molecular weight is 374 g/mol. The Morgan fingerprint density at radius 3 is 2.71 bits per heavy atom. The topological polar surface area (TPSA) is 41.4 Å². The predicted molar refractivity (Wildman–Crippen MR) is 112 cm³/mol. The fourth-order valence-electron chi connectivity index (χ4n) is 4.19. The molecule has 0 spiro atoms. The van der Waals surface area contributed by atoms with Gasteiger partial charge in [-0.1, -0.05) is 12.1 Å². The lowest BCUT2D eigenvalue weighted by Crippen LogP contribution is -2.37. The van der Waals surface area contributed by atoms with Gasteiger partial charge in [0.15, 0.2) is 0 Å². The van der Waals surface area contributed by atoms with Crippen LogP contribution in [0.2, 0.25) is 0 Å². The van der Waals surface area contributed by atoms with E-state index in [4.69, 9.17) is 0 Å². The summed E-state index contributed by atoms with van der Waals surface area (Å²) in [5.41, 5.74) is 6.13. The van der Waals surface area contributed by atoms with Crippen molar-refractivity contribution in [1.82, 2.24) is 14.5 Å². The molecule has 1 amide bonds. The van der Waals surface area contributed by atoms with Gasteiger partial charge in [0.05, 0.1) is 17.4 Å². The molecule has 5 heteroatoms. The summed E-state index contributed by atoms with van der Waals surface area (Å²) in [6.07, 6.45) is 10.5. The molecule has 0 bridgehead atoms. The van der Waals surface area contributed by atoms with Gasteiger partial charge in [-0.3, -0.25) is 4.79 Å². The highest BCUT2D eigenvalue weighted by Gasteiger charge is 2.48. The standard InChI is InChI=1S/C23H26N4O/c1-15-11-18(9-10-25(15)4)26-13-20(24-14-26)16-5-8-19-21(12-16)27(17-6-7-17)22(28)23(19,2)3/h5,8-9,11-14,17H,6-7,10H2,1-4H3. The van der Waals surface area contributed by atoms with Gasteiger partial charge in [0, 0.05) is 48.5 Å². The van der Waals surface area contributed by atoms with E-state index in [0.717, 1.165) is 47.6 Å². The number of rotatable bonds is 3. The second-order valence-corrected chi connectivity index (χ2v) is 8.72. The van der Waals surface area contributed by atoms with Crippen molar-refractivity contribution in [2.75, 3.05) is 18.5 Å². The smallest absolute Gasteiger partial charge is 0.237 e. The van der Waals surface area contributed by atoms with E-state index >= 15 is 0 Å². The summed E-state index contributed by atoms with van der Waals surface area (Å²) in [5.74, 6) is 0.227. The van der Waals surface area contributed by atoms with Crippen LogP contribution in [0.5, 0.6) is 0 Å². The molecule has 2 aliphatic heterocycles. The number of likely N-dealkylation sites (N-methyl/N-ethyl adjacent to an activating group) is 1. The predicted octanol–water partition coefficient (Wildman–Crippen LogP) is 4.03. The SMILES string of the molecule is CC1=CC(n2cnc(-c3ccc4c(c3)N(C3CC3)C(=O)C4(C)C)c2)=CCN1C. The van der Waals surface area contributed by atoms with Crippen LogP contribution in [0.4, 0.5) is 5.69 Å². The van der Waals surface area contributed by atoms with E-state index in [1.807, 2.05) is 25.1 Å². The first kappa shape index (κ1) is 17.3. The van der Waals surface area contributed by atoms with Gasteiger partial charge in [-0.25, -0.2) is 4.98 Å². The number of hydrogen-bond acceptors (Lipinski definition) is 3. The van der Waals surface area contributed by atoms with Gasteiger partial charge in [0.2, 0.25) is 5.91 Å². The van der Waals surface area contributed by atoms with Crippen molar-refractivity contribution in [3.05, 3.63) is 54.1 Å². The summed E-state index contributed by atoms with van der Waals surface area (Å²) in [6.45, 7) is 7.09. The molecule has 0 radical (unpaired) electrons. The molecule has 1 fully saturated rings. The molecule has 2 aromatic rings. The Balaban J connectivity index is 1.51. The van der Waals surface area contributed by atoms with Crippen LogP contribution in [0.3, 0.4) is 0 Å². The van der Waals surface area contributed by atoms with Gasteiger partial charge in [0.1, 0.15) is 0 Å². The minimum atomic E-state index is -0.447. The number of aromatic nitrogens is 2. The van der Waals surface area contributed by atoms with Crippen molar-refractivity contribution >= 4 is 17.3 Å². The first-order valence-corrected chi connectivity index (χ1v) is 9.99. The number of anilines is 1. The van der Waals surface area contributed by atoms with E-state index in [0.29, 0.717) is 6.04 Å². The molecular formula is C23H26N4O. The second-order valence-electron chi connectivity index (χ2n) is 8.72. The fourth-order valence-corrected chi connectivity index (χ4v) is 4.19. The number of hydrogen-bond donors (Lipinski definition) is 0. The van der Waals surface area contributed by atoms with Crippen LogP contribution in [0.1, 0.15) is 39.2 Å². The normalized spacial score (nSPS) is 20.9. The van der Waals surface area contributed by atoms with Crippen LogP contribution in [-0.4, -0.2) is 40.0 Å². The number of amides is 1. The summed E-state index contributed by atoms with van der Waals surface area (Å²) in [7, 11) is 2.09. The Hall–Kier alpha value is -2.82. The highest BCUT2D eigenvalue weighted by molar-refractivity contribution is 6.08. The number of allylic oxidation sites excluding steroid dienone is 3. The Morgan fingerprint density at radius 1 is 1.21 bits per heavy atom. The molecule has 0 N–H and O–H groups in total. The van der Waals surface area contributed by atoms with Crippen molar-refractivity contribution in [3.63, 3.8) is 0 Å². The lowest BCUT2D eigenvalue weighted by molar-refractivity contribution is -0.122. The molecule has 3 aliphatic rings. The number of carbonyl (C=O) groups is 1. The summed E-state index contributed by atoms with van der Waals surface area (Å²) in [4.78, 5) is 21.9. The number of nitrogens with zero attached hydrogens (tertiary/aromatic N) is 4. The molecule has 1 aromatic heterocycles. The van der Waals surface area contributed by atoms with Gasteiger partial charge in [-0.2, -0.15) is 0 Å². The van der Waals surface area contributed by atoms with Crippen molar-refractivity contribution in [2.45, 2.75) is 45.1 Å². The summed E-state index contributed by atoms with van der Waals surface area (Å²) >= 11 is 0. The van der Waals surface area contributed by atoms with E-state index in [-0.39, 0.29) is 5.91 Å². The lowest BCUT2D eigenvalue weighted by Gasteiger charge is -2.23. The van der Waals surface area contributed by atoms with Crippen LogP contribution in [-0.2, 0) is 10.2 Å². The molecule has 3 heterocycles. The zero-order valence-corrected chi connectivity index (χ0v) is 16.9. The van der Waals surface area contributed by atoms with Crippen molar-refractivity contribution in [3.8, 4) is 11.3 Å². The highest BCUT2D eigenvalue weighted by atomic mass is 16.2. The van der Waals surface area contributed by atoms with Gasteiger partial charge >= 0.3 is 0 Å². The average Bonchev–Trinajstić information content (AvgIpc) is 3.33. The van der Waals surface area contributed by atoms with Gasteiger partial charge in [-0.05, 0) is 57.4 Å². The molecular weight excluding hydrogens is 348 g/mol. The van der Waals surface area contributed by atoms with Crippen LogP contribution in [0, 0.1) is 0 Å². The minimum Gasteiger partial charge on any atom is -0.374 e. The summed E-state index contributed by atoms with van der Waals surface area (Å²) < 4.78 is 2.08. The van der Waals surface area contributed by atoms with Gasteiger partial charge in [-0.15, -0.1) is 0 Å². The largest absolute Gasteiger partial charge is 0.374 e. The van der Waals surface area contributed by atoms with Crippen LogP contribution in [0.25, 0.3) is 17.0 Å². The van der Waals surface area contributed by atoms with Crippen molar-refractivity contribution in [2.24, 2.45) is 0 Å². The molecule has 28 heavy (non-hydrogen) atoms. The van der Waals surface area contributed by atoms with E-state index in [9.17, 15) is 4.79 Å². The number of carbonyl (C=O) groups excluding carboxylic acids is 1. The van der Waals surface area contributed by atoms with Gasteiger partial charge in [0.25, 0.3) is 0 Å². The molecule has 144 valence electrons. The lowest BCUT2D eigenvalue weighted by atomic mass is 9.86. The summed E-state index contributed by atoms with van der Waals surface area (Å²) in [6, 6.07) is 6.74. The maximum Gasteiger partial charge on any atom is 0.237 e. The van der Waals surface area contributed by atoms with E-state index in [2.05, 4.69) is 65.0 Å². The van der Waals surface area contributed by atoms with E-state index < -0.39 is 5.41 Å². The number of benzene rings is 1. The molecule has 1 saturated carbocycles. The molecule has 5 nitrogen and oxygen atoms in total. The number of imidazole rings is 1. The van der Waals surface area contributed by atoms with E-state index in [1.165, 1.54) is 5.70 Å². The Labute approximate surface area is 166 Å². The third-order valence-corrected chi connectivity index (χ3v) is 6.31. The Morgan fingerprint density at radius 2 is 2.00 bits per heavy atom. The van der Waals surface area contributed by atoms with Crippen LogP contribution in [0.15, 0.2) is 48.6 Å². The first-order valence-electron chi connectivity index (χ1n) is 9.99. The quantitative estimate of drug-likeness (QED) is 0.815.